The van der Waals surface area contributed by atoms with E-state index in [-0.39, 0.29) is 17.3 Å². The summed E-state index contributed by atoms with van der Waals surface area (Å²) >= 11 is 0. The Morgan fingerprint density at radius 3 is 2.69 bits per heavy atom. The molecule has 5 heteroatoms. The van der Waals surface area contributed by atoms with Gasteiger partial charge in [-0.15, -0.1) is 0 Å². The molecule has 1 rings (SSSR count). The average Bonchev–Trinajstić information content (AvgIpc) is 2.62. The third-order valence-electron chi connectivity index (χ3n) is 3.07. The fourth-order valence-corrected chi connectivity index (χ4v) is 3.74. The maximum Gasteiger partial charge on any atom is 0.151 e. The molecule has 4 nitrogen and oxygen atoms in total. The maximum atomic E-state index is 11.6. The summed E-state index contributed by atoms with van der Waals surface area (Å²) in [4.78, 5) is 0. The van der Waals surface area contributed by atoms with Gasteiger partial charge in [-0.1, -0.05) is 6.42 Å². The van der Waals surface area contributed by atoms with Crippen LogP contribution >= 0.6 is 0 Å². The van der Waals surface area contributed by atoms with Crippen LogP contribution in [0.3, 0.4) is 0 Å². The molecule has 3 unspecified atom stereocenters. The van der Waals surface area contributed by atoms with Crippen molar-refractivity contribution in [2.24, 2.45) is 0 Å². The Morgan fingerprint density at radius 2 is 2.12 bits per heavy atom. The normalized spacial score (nSPS) is 28.2. The summed E-state index contributed by atoms with van der Waals surface area (Å²) in [7, 11) is -2.92. The lowest BCUT2D eigenvalue weighted by molar-refractivity contribution is 0.124. The molecule has 0 aromatic rings. The van der Waals surface area contributed by atoms with E-state index < -0.39 is 9.84 Å². The van der Waals surface area contributed by atoms with E-state index in [4.69, 9.17) is 4.74 Å². The van der Waals surface area contributed by atoms with Gasteiger partial charge in [0.25, 0.3) is 0 Å². The lowest BCUT2D eigenvalue weighted by atomic mass is 10.2. The lowest BCUT2D eigenvalue weighted by Gasteiger charge is -2.23. The molecule has 0 amide bonds. The van der Waals surface area contributed by atoms with Crippen LogP contribution in [-0.4, -0.2) is 45.2 Å². The van der Waals surface area contributed by atoms with Crippen molar-refractivity contribution in [3.63, 3.8) is 0 Å². The van der Waals surface area contributed by atoms with Crippen molar-refractivity contribution in [3.8, 4) is 0 Å². The van der Waals surface area contributed by atoms with E-state index in [1.165, 1.54) is 6.26 Å². The van der Waals surface area contributed by atoms with Crippen LogP contribution < -0.4 is 5.32 Å². The molecule has 0 spiro atoms. The molecule has 0 saturated heterocycles. The molecule has 0 aromatic carbocycles. The molecule has 1 aliphatic carbocycles. The molecule has 0 aliphatic heterocycles. The monoisotopic (exact) mass is 249 g/mol. The predicted octanol–water partition coefficient (Wildman–Crippen LogP) is 0.967. The van der Waals surface area contributed by atoms with Crippen molar-refractivity contribution >= 4 is 9.84 Å². The zero-order valence-corrected chi connectivity index (χ0v) is 11.2. The molecule has 1 saturated carbocycles. The summed E-state index contributed by atoms with van der Waals surface area (Å²) in [6.07, 6.45) is 4.08. The highest BCUT2D eigenvalue weighted by atomic mass is 32.2. The van der Waals surface area contributed by atoms with Crippen molar-refractivity contribution in [1.29, 1.82) is 0 Å². The molecule has 0 aromatic heterocycles. The van der Waals surface area contributed by atoms with E-state index in [1.54, 1.807) is 0 Å². The Hall–Kier alpha value is -0.130. The first-order valence-electron chi connectivity index (χ1n) is 5.97. The third kappa shape index (κ3) is 4.03. The van der Waals surface area contributed by atoms with Gasteiger partial charge in [0.15, 0.2) is 9.84 Å². The number of sulfone groups is 1. The number of hydrogen-bond acceptors (Lipinski definition) is 4. The van der Waals surface area contributed by atoms with E-state index in [1.807, 2.05) is 13.8 Å². The van der Waals surface area contributed by atoms with Gasteiger partial charge in [-0.2, -0.15) is 0 Å². The van der Waals surface area contributed by atoms with Crippen LogP contribution in [0.2, 0.25) is 0 Å². The average molecular weight is 249 g/mol. The minimum Gasteiger partial charge on any atom is -0.380 e. The second kappa shape index (κ2) is 5.98. The minimum atomic E-state index is -2.92. The molecule has 16 heavy (non-hydrogen) atoms. The molecular weight excluding hydrogens is 226 g/mol. The first-order chi connectivity index (χ1) is 7.45. The second-order valence-electron chi connectivity index (χ2n) is 4.63. The van der Waals surface area contributed by atoms with Crippen LogP contribution in [-0.2, 0) is 14.6 Å². The molecule has 0 bridgehead atoms. The van der Waals surface area contributed by atoms with Gasteiger partial charge < -0.3 is 10.1 Å². The summed E-state index contributed by atoms with van der Waals surface area (Å²) in [5.41, 5.74) is 0. The molecule has 0 heterocycles. The van der Waals surface area contributed by atoms with E-state index in [0.29, 0.717) is 13.2 Å². The Balaban J connectivity index is 2.47. The second-order valence-corrected chi connectivity index (χ2v) is 6.90. The van der Waals surface area contributed by atoms with Gasteiger partial charge in [0.1, 0.15) is 0 Å². The van der Waals surface area contributed by atoms with Crippen LogP contribution in [0.4, 0.5) is 0 Å². The molecular formula is C11H23NO3S. The van der Waals surface area contributed by atoms with Gasteiger partial charge in [-0.05, 0) is 26.7 Å². The highest BCUT2D eigenvalue weighted by molar-refractivity contribution is 7.91. The summed E-state index contributed by atoms with van der Waals surface area (Å²) in [6.45, 7) is 5.34. The number of rotatable bonds is 6. The van der Waals surface area contributed by atoms with E-state index in [9.17, 15) is 8.42 Å². The van der Waals surface area contributed by atoms with Gasteiger partial charge in [0.05, 0.1) is 11.9 Å². The van der Waals surface area contributed by atoms with Gasteiger partial charge >= 0.3 is 0 Å². The highest BCUT2D eigenvalue weighted by Crippen LogP contribution is 2.25. The van der Waals surface area contributed by atoms with Crippen LogP contribution in [0, 0.1) is 0 Å². The standard InChI is InChI=1S/C11H23NO3S/c1-4-15-8-9(2)12-10-6-5-7-11(10)16(3,13)14/h9-12H,4-8H2,1-3H3. The van der Waals surface area contributed by atoms with Gasteiger partial charge in [0.2, 0.25) is 0 Å². The summed E-state index contributed by atoms with van der Waals surface area (Å²) in [6, 6.07) is 0.317. The van der Waals surface area contributed by atoms with Gasteiger partial charge in [-0.25, -0.2) is 8.42 Å². The quantitative estimate of drug-likeness (QED) is 0.762. The van der Waals surface area contributed by atoms with E-state index >= 15 is 0 Å². The number of ether oxygens (including phenoxy) is 1. The fourth-order valence-electron chi connectivity index (χ4n) is 2.34. The molecule has 1 aliphatic rings. The molecule has 96 valence electrons. The van der Waals surface area contributed by atoms with Gasteiger partial charge in [0, 0.05) is 24.9 Å². The summed E-state index contributed by atoms with van der Waals surface area (Å²) in [5, 5.41) is 3.15. The Kier molecular flexibility index (Phi) is 5.21. The van der Waals surface area contributed by atoms with Crippen LogP contribution in [0.5, 0.6) is 0 Å². The zero-order chi connectivity index (χ0) is 12.2. The lowest BCUT2D eigenvalue weighted by Crippen LogP contribution is -2.45. The topological polar surface area (TPSA) is 55.4 Å². The van der Waals surface area contributed by atoms with Crippen molar-refractivity contribution in [2.75, 3.05) is 19.5 Å². The third-order valence-corrected chi connectivity index (χ3v) is 4.74. The summed E-state index contributed by atoms with van der Waals surface area (Å²) < 4.78 is 28.5. The van der Waals surface area contributed by atoms with E-state index in [2.05, 4.69) is 5.32 Å². The van der Waals surface area contributed by atoms with Gasteiger partial charge in [-0.3, -0.25) is 0 Å². The Bertz CT molecular complexity index is 302. The fraction of sp³-hybridized carbons (Fsp3) is 1.00. The zero-order valence-electron chi connectivity index (χ0n) is 10.4. The largest absolute Gasteiger partial charge is 0.380 e. The van der Waals surface area contributed by atoms with Crippen LogP contribution in [0.15, 0.2) is 0 Å². The Labute approximate surface area is 98.7 Å². The summed E-state index contributed by atoms with van der Waals surface area (Å²) in [5.74, 6) is 0. The first-order valence-corrected chi connectivity index (χ1v) is 7.93. The minimum absolute atomic E-state index is 0.102. The highest BCUT2D eigenvalue weighted by Gasteiger charge is 2.35. The Morgan fingerprint density at radius 1 is 1.44 bits per heavy atom. The predicted molar refractivity (Wildman–Crippen MR) is 65.4 cm³/mol. The number of nitrogens with one attached hydrogen (secondary N) is 1. The molecule has 1 fully saturated rings. The molecule has 0 radical (unpaired) electrons. The maximum absolute atomic E-state index is 11.6. The van der Waals surface area contributed by atoms with Crippen molar-refractivity contribution < 1.29 is 13.2 Å². The number of hydrogen-bond donors (Lipinski definition) is 1. The molecule has 1 N–H and O–H groups in total. The van der Waals surface area contributed by atoms with Crippen molar-refractivity contribution in [1.82, 2.24) is 5.32 Å². The van der Waals surface area contributed by atoms with E-state index in [0.717, 1.165) is 19.3 Å². The smallest absolute Gasteiger partial charge is 0.151 e. The molecule has 3 atom stereocenters. The SMILES string of the molecule is CCOCC(C)NC1CCCC1S(C)(=O)=O. The van der Waals surface area contributed by atoms with Crippen molar-refractivity contribution in [2.45, 2.75) is 50.4 Å². The first kappa shape index (κ1) is 13.9. The van der Waals surface area contributed by atoms with Crippen LogP contribution in [0.25, 0.3) is 0 Å². The van der Waals surface area contributed by atoms with Crippen LogP contribution in [0.1, 0.15) is 33.1 Å². The van der Waals surface area contributed by atoms with Crippen molar-refractivity contribution in [3.05, 3.63) is 0 Å².